The highest BCUT2D eigenvalue weighted by atomic mass is 35.5. The van der Waals surface area contributed by atoms with Gasteiger partial charge in [0.05, 0.1) is 11.1 Å². The topological polar surface area (TPSA) is 96.0 Å². The van der Waals surface area contributed by atoms with Gasteiger partial charge >= 0.3 is 12.3 Å². The third-order valence-corrected chi connectivity index (χ3v) is 4.12. The molecule has 1 fully saturated rings. The van der Waals surface area contributed by atoms with Crippen LogP contribution >= 0.6 is 11.6 Å². The molecule has 1 aromatic carbocycles. The molecule has 0 saturated heterocycles. The number of carbonyl (C=O) groups excluding carboxylic acids is 2. The number of hydrazine groups is 1. The second kappa shape index (κ2) is 8.26. The first-order valence-electron chi connectivity index (χ1n) is 7.64. The number of alkyl halides is 2. The number of nitrogens with one attached hydrogen (secondary N) is 3. The lowest BCUT2D eigenvalue weighted by Crippen LogP contribution is -2.44. The van der Waals surface area contributed by atoms with Crippen molar-refractivity contribution in [3.63, 3.8) is 0 Å². The van der Waals surface area contributed by atoms with Gasteiger partial charge in [0, 0.05) is 17.4 Å². The molecule has 1 saturated carbocycles. The quantitative estimate of drug-likeness (QED) is 0.674. The Balaban J connectivity index is 0.00000261. The summed E-state index contributed by atoms with van der Waals surface area (Å²) in [6.45, 7) is 0. The van der Waals surface area contributed by atoms with Crippen LogP contribution in [-0.2, 0) is 10.3 Å². The predicted octanol–water partition coefficient (Wildman–Crippen LogP) is 2.89. The molecular weight excluding hydrogens is 380 g/mol. The SMILES string of the molecule is C.O=C(NNC(=O)C(F)F)c1cnc(NC2(c3cccc(Cl)c3)CC2)nc1. The maximum atomic E-state index is 12.1. The number of carbonyl (C=O) groups is 2. The van der Waals surface area contributed by atoms with E-state index in [0.717, 1.165) is 18.4 Å². The molecule has 144 valence electrons. The molecule has 1 aliphatic rings. The van der Waals surface area contributed by atoms with E-state index in [-0.39, 0.29) is 18.5 Å². The van der Waals surface area contributed by atoms with E-state index in [0.29, 0.717) is 11.0 Å². The highest BCUT2D eigenvalue weighted by Gasteiger charge is 2.45. The Morgan fingerprint density at radius 2 is 1.81 bits per heavy atom. The Kier molecular flexibility index (Phi) is 6.27. The van der Waals surface area contributed by atoms with Gasteiger partial charge in [-0.1, -0.05) is 31.2 Å². The van der Waals surface area contributed by atoms with Gasteiger partial charge in [-0.05, 0) is 30.5 Å². The van der Waals surface area contributed by atoms with Crippen molar-refractivity contribution in [2.45, 2.75) is 32.2 Å². The van der Waals surface area contributed by atoms with E-state index in [9.17, 15) is 18.4 Å². The summed E-state index contributed by atoms with van der Waals surface area (Å²) in [5.74, 6) is -2.09. The van der Waals surface area contributed by atoms with Gasteiger partial charge in [-0.15, -0.1) is 0 Å². The first-order chi connectivity index (χ1) is 12.4. The Bertz CT molecular complexity index is 828. The fourth-order valence-electron chi connectivity index (χ4n) is 2.37. The largest absolute Gasteiger partial charge is 0.345 e. The van der Waals surface area contributed by atoms with Gasteiger partial charge in [0.1, 0.15) is 0 Å². The molecule has 0 spiro atoms. The smallest absolute Gasteiger partial charge is 0.317 e. The summed E-state index contributed by atoms with van der Waals surface area (Å²) in [6.07, 6.45) is 1.01. The van der Waals surface area contributed by atoms with Crippen molar-refractivity contribution >= 4 is 29.4 Å². The second-order valence-electron chi connectivity index (χ2n) is 5.76. The molecule has 3 N–H and O–H groups in total. The molecule has 0 bridgehead atoms. The van der Waals surface area contributed by atoms with Crippen molar-refractivity contribution < 1.29 is 18.4 Å². The normalized spacial score (nSPS) is 14.1. The van der Waals surface area contributed by atoms with E-state index in [2.05, 4.69) is 15.3 Å². The summed E-state index contributed by atoms with van der Waals surface area (Å²) in [4.78, 5) is 30.6. The molecular formula is C17H18ClF2N5O2. The van der Waals surface area contributed by atoms with Crippen LogP contribution in [0.15, 0.2) is 36.7 Å². The summed E-state index contributed by atoms with van der Waals surface area (Å²) in [6, 6.07) is 7.48. The number of hydrogen-bond donors (Lipinski definition) is 3. The molecule has 0 atom stereocenters. The van der Waals surface area contributed by atoms with Crippen molar-refractivity contribution in [2.75, 3.05) is 5.32 Å². The maximum absolute atomic E-state index is 12.1. The number of hydrogen-bond acceptors (Lipinski definition) is 5. The van der Waals surface area contributed by atoms with E-state index >= 15 is 0 Å². The van der Waals surface area contributed by atoms with E-state index in [1.807, 2.05) is 23.6 Å². The Labute approximate surface area is 159 Å². The van der Waals surface area contributed by atoms with Crippen LogP contribution in [0.1, 0.15) is 36.2 Å². The summed E-state index contributed by atoms with van der Waals surface area (Å²) in [5, 5.41) is 3.86. The third kappa shape index (κ3) is 4.88. The van der Waals surface area contributed by atoms with E-state index in [1.165, 1.54) is 12.4 Å². The predicted molar refractivity (Wildman–Crippen MR) is 96.4 cm³/mol. The van der Waals surface area contributed by atoms with Crippen molar-refractivity contribution in [1.82, 2.24) is 20.8 Å². The first kappa shape index (κ1) is 20.5. The van der Waals surface area contributed by atoms with Gasteiger partial charge in [0.25, 0.3) is 5.91 Å². The summed E-state index contributed by atoms with van der Waals surface area (Å²) in [7, 11) is 0. The average Bonchev–Trinajstić information content (AvgIpc) is 3.40. The molecule has 0 aliphatic heterocycles. The zero-order valence-corrected chi connectivity index (χ0v) is 14.1. The lowest BCUT2D eigenvalue weighted by molar-refractivity contribution is -0.132. The highest BCUT2D eigenvalue weighted by Crippen LogP contribution is 2.48. The fourth-order valence-corrected chi connectivity index (χ4v) is 2.56. The van der Waals surface area contributed by atoms with Crippen LogP contribution in [0.25, 0.3) is 0 Å². The molecule has 3 rings (SSSR count). The molecule has 7 nitrogen and oxygen atoms in total. The summed E-state index contributed by atoms with van der Waals surface area (Å²) in [5.41, 5.74) is 4.20. The number of halogens is 3. The molecule has 2 amide bonds. The average molecular weight is 398 g/mol. The van der Waals surface area contributed by atoms with E-state index < -0.39 is 18.2 Å². The van der Waals surface area contributed by atoms with Crippen molar-refractivity contribution in [3.8, 4) is 0 Å². The molecule has 10 heteroatoms. The van der Waals surface area contributed by atoms with Crippen molar-refractivity contribution in [2.24, 2.45) is 0 Å². The van der Waals surface area contributed by atoms with E-state index in [4.69, 9.17) is 11.6 Å². The Hall–Kier alpha value is -2.81. The van der Waals surface area contributed by atoms with Gasteiger partial charge in [-0.2, -0.15) is 8.78 Å². The fraction of sp³-hybridized carbons (Fsp3) is 0.294. The number of amides is 2. The van der Waals surface area contributed by atoms with Crippen LogP contribution in [0, 0.1) is 0 Å². The highest BCUT2D eigenvalue weighted by molar-refractivity contribution is 6.30. The van der Waals surface area contributed by atoms with Crippen LogP contribution < -0.4 is 16.2 Å². The number of aromatic nitrogens is 2. The monoisotopic (exact) mass is 397 g/mol. The van der Waals surface area contributed by atoms with Crippen LogP contribution in [-0.4, -0.2) is 28.2 Å². The lowest BCUT2D eigenvalue weighted by Gasteiger charge is -2.18. The number of anilines is 1. The molecule has 1 heterocycles. The van der Waals surface area contributed by atoms with Crippen molar-refractivity contribution in [1.29, 1.82) is 0 Å². The minimum atomic E-state index is -3.22. The minimum absolute atomic E-state index is 0. The third-order valence-electron chi connectivity index (χ3n) is 3.89. The Morgan fingerprint density at radius 3 is 2.37 bits per heavy atom. The van der Waals surface area contributed by atoms with Crippen LogP contribution in [0.3, 0.4) is 0 Å². The molecule has 0 unspecified atom stereocenters. The zero-order valence-electron chi connectivity index (χ0n) is 13.3. The minimum Gasteiger partial charge on any atom is -0.345 e. The van der Waals surface area contributed by atoms with Crippen LogP contribution in [0.2, 0.25) is 5.02 Å². The first-order valence-corrected chi connectivity index (χ1v) is 8.02. The van der Waals surface area contributed by atoms with Crippen molar-refractivity contribution in [3.05, 3.63) is 52.8 Å². The summed E-state index contributed by atoms with van der Waals surface area (Å²) < 4.78 is 24.1. The van der Waals surface area contributed by atoms with Gasteiger partial charge in [-0.25, -0.2) is 9.97 Å². The number of rotatable bonds is 5. The maximum Gasteiger partial charge on any atom is 0.317 e. The van der Waals surface area contributed by atoms with Gasteiger partial charge in [-0.3, -0.25) is 20.4 Å². The van der Waals surface area contributed by atoms with Crippen LogP contribution in [0.4, 0.5) is 14.7 Å². The van der Waals surface area contributed by atoms with Crippen LogP contribution in [0.5, 0.6) is 0 Å². The summed E-state index contributed by atoms with van der Waals surface area (Å²) >= 11 is 6.03. The number of benzene rings is 1. The van der Waals surface area contributed by atoms with Gasteiger partial charge in [0.2, 0.25) is 5.95 Å². The van der Waals surface area contributed by atoms with Gasteiger partial charge < -0.3 is 5.32 Å². The molecule has 1 aliphatic carbocycles. The lowest BCUT2D eigenvalue weighted by atomic mass is 10.1. The standard InChI is InChI=1S/C16H14ClF2N5O2.CH4/c17-11-3-1-2-10(6-11)16(4-5-16)22-15-20-7-9(8-21-15)13(25)23-24-14(26)12(18)19;/h1-3,6-8,12H,4-5H2,(H,23,25)(H,24,26)(H,20,21,22);1H4. The molecule has 0 radical (unpaired) electrons. The molecule has 27 heavy (non-hydrogen) atoms. The van der Waals surface area contributed by atoms with Gasteiger partial charge in [0.15, 0.2) is 0 Å². The second-order valence-corrected chi connectivity index (χ2v) is 6.19. The zero-order chi connectivity index (χ0) is 18.7. The molecule has 1 aromatic heterocycles. The number of nitrogens with zero attached hydrogens (tertiary/aromatic N) is 2. The van der Waals surface area contributed by atoms with E-state index in [1.54, 1.807) is 11.5 Å². The Morgan fingerprint density at radius 1 is 1.15 bits per heavy atom. The molecule has 2 aromatic rings.